The van der Waals surface area contributed by atoms with Crippen LogP contribution < -0.4 is 4.74 Å². The van der Waals surface area contributed by atoms with Gasteiger partial charge in [-0.05, 0) is 34.5 Å². The van der Waals surface area contributed by atoms with Crippen LogP contribution in [0.1, 0.15) is 26.2 Å². The zero-order valence-corrected chi connectivity index (χ0v) is 12.0. The molecule has 0 aromatic carbocycles. The Kier molecular flexibility index (Phi) is 4.58. The van der Waals surface area contributed by atoms with Crippen LogP contribution in [0.5, 0.6) is 5.88 Å². The first kappa shape index (κ1) is 13.3. The standard InChI is InChI=1S/C13H17BrN2O2/c1-2-3-6-12(17)16-8-10(9-16)18-13-11(14)5-4-7-15-13/h4-5,7,10H,2-3,6,8-9H2,1H3. The first-order valence-corrected chi connectivity index (χ1v) is 7.05. The van der Waals surface area contributed by atoms with Gasteiger partial charge >= 0.3 is 0 Å². The Morgan fingerprint density at radius 2 is 2.39 bits per heavy atom. The molecule has 98 valence electrons. The SMILES string of the molecule is CCCCC(=O)N1CC(Oc2ncccc2Br)C1. The lowest BCUT2D eigenvalue weighted by Crippen LogP contribution is -2.56. The second kappa shape index (κ2) is 6.18. The van der Waals surface area contributed by atoms with Crippen LogP contribution in [-0.2, 0) is 4.79 Å². The molecule has 1 aliphatic rings. The summed E-state index contributed by atoms with van der Waals surface area (Å²) in [7, 11) is 0. The van der Waals surface area contributed by atoms with Crippen LogP contribution in [0, 0.1) is 0 Å². The molecule has 0 spiro atoms. The average Bonchev–Trinajstić information content (AvgIpc) is 2.32. The lowest BCUT2D eigenvalue weighted by molar-refractivity contribution is -0.140. The Morgan fingerprint density at radius 3 is 3.06 bits per heavy atom. The van der Waals surface area contributed by atoms with Crippen molar-refractivity contribution in [3.05, 3.63) is 22.8 Å². The van der Waals surface area contributed by atoms with Crippen LogP contribution in [0.15, 0.2) is 22.8 Å². The molecule has 0 bridgehead atoms. The van der Waals surface area contributed by atoms with Gasteiger partial charge in [0, 0.05) is 12.6 Å². The highest BCUT2D eigenvalue weighted by Gasteiger charge is 2.32. The van der Waals surface area contributed by atoms with Gasteiger partial charge in [0.05, 0.1) is 17.6 Å². The molecule has 2 rings (SSSR count). The number of ether oxygens (including phenoxy) is 1. The average molecular weight is 313 g/mol. The molecule has 5 heteroatoms. The van der Waals surface area contributed by atoms with Crippen LogP contribution in [0.4, 0.5) is 0 Å². The Bertz CT molecular complexity index is 419. The van der Waals surface area contributed by atoms with Gasteiger partial charge in [0.1, 0.15) is 6.10 Å². The second-order valence-electron chi connectivity index (χ2n) is 4.43. The van der Waals surface area contributed by atoms with E-state index in [4.69, 9.17) is 4.74 Å². The topological polar surface area (TPSA) is 42.4 Å². The quantitative estimate of drug-likeness (QED) is 0.839. The maximum Gasteiger partial charge on any atom is 0.228 e. The fourth-order valence-electron chi connectivity index (χ4n) is 1.82. The summed E-state index contributed by atoms with van der Waals surface area (Å²) in [5.74, 6) is 0.833. The molecule has 0 unspecified atom stereocenters. The van der Waals surface area contributed by atoms with Crippen LogP contribution in [-0.4, -0.2) is 35.0 Å². The Balaban J connectivity index is 1.76. The van der Waals surface area contributed by atoms with E-state index in [1.165, 1.54) is 0 Å². The number of nitrogens with zero attached hydrogens (tertiary/aromatic N) is 2. The third-order valence-corrected chi connectivity index (χ3v) is 3.55. The number of amides is 1. The molecule has 1 fully saturated rings. The highest BCUT2D eigenvalue weighted by molar-refractivity contribution is 9.10. The van der Waals surface area contributed by atoms with Crippen molar-refractivity contribution in [1.82, 2.24) is 9.88 Å². The molecular formula is C13H17BrN2O2. The molecule has 0 radical (unpaired) electrons. The number of carbonyl (C=O) groups is 1. The van der Waals surface area contributed by atoms with Gasteiger partial charge < -0.3 is 9.64 Å². The van der Waals surface area contributed by atoms with Crippen molar-refractivity contribution in [2.24, 2.45) is 0 Å². The molecule has 1 aromatic heterocycles. The van der Waals surface area contributed by atoms with E-state index in [-0.39, 0.29) is 12.0 Å². The van der Waals surface area contributed by atoms with Gasteiger partial charge in [-0.2, -0.15) is 0 Å². The molecule has 4 nitrogen and oxygen atoms in total. The molecule has 1 saturated heterocycles. The second-order valence-corrected chi connectivity index (χ2v) is 5.29. The maximum absolute atomic E-state index is 11.7. The smallest absolute Gasteiger partial charge is 0.228 e. The molecule has 0 N–H and O–H groups in total. The van der Waals surface area contributed by atoms with Crippen LogP contribution >= 0.6 is 15.9 Å². The largest absolute Gasteiger partial charge is 0.470 e. The van der Waals surface area contributed by atoms with E-state index in [2.05, 4.69) is 27.8 Å². The van der Waals surface area contributed by atoms with Gasteiger partial charge in [0.25, 0.3) is 0 Å². The minimum Gasteiger partial charge on any atom is -0.470 e. The highest BCUT2D eigenvalue weighted by Crippen LogP contribution is 2.24. The van der Waals surface area contributed by atoms with Crippen molar-refractivity contribution < 1.29 is 9.53 Å². The number of unbranched alkanes of at least 4 members (excludes halogenated alkanes) is 1. The summed E-state index contributed by atoms with van der Waals surface area (Å²) in [5, 5.41) is 0. The molecule has 1 aromatic rings. The summed E-state index contributed by atoms with van der Waals surface area (Å²) in [4.78, 5) is 17.7. The van der Waals surface area contributed by atoms with Gasteiger partial charge in [-0.3, -0.25) is 4.79 Å². The number of likely N-dealkylation sites (tertiary alicyclic amines) is 1. The number of aromatic nitrogens is 1. The van der Waals surface area contributed by atoms with E-state index in [9.17, 15) is 4.79 Å². The zero-order chi connectivity index (χ0) is 13.0. The van der Waals surface area contributed by atoms with E-state index in [1.807, 2.05) is 17.0 Å². The summed E-state index contributed by atoms with van der Waals surface area (Å²) in [5.41, 5.74) is 0. The third-order valence-electron chi connectivity index (χ3n) is 2.95. The number of halogens is 1. The highest BCUT2D eigenvalue weighted by atomic mass is 79.9. The predicted molar refractivity (Wildman–Crippen MR) is 72.5 cm³/mol. The summed E-state index contributed by atoms with van der Waals surface area (Å²) in [6.45, 7) is 3.44. The molecule has 1 amide bonds. The van der Waals surface area contributed by atoms with Crippen molar-refractivity contribution in [2.75, 3.05) is 13.1 Å². The molecule has 0 atom stereocenters. The minimum absolute atomic E-state index is 0.0711. The zero-order valence-electron chi connectivity index (χ0n) is 10.4. The molecule has 0 saturated carbocycles. The maximum atomic E-state index is 11.7. The lowest BCUT2D eigenvalue weighted by atomic mass is 10.1. The lowest BCUT2D eigenvalue weighted by Gasteiger charge is -2.38. The van der Waals surface area contributed by atoms with Crippen molar-refractivity contribution >= 4 is 21.8 Å². The number of rotatable bonds is 5. The monoisotopic (exact) mass is 312 g/mol. The van der Waals surface area contributed by atoms with Crippen molar-refractivity contribution in [3.8, 4) is 5.88 Å². The summed E-state index contributed by atoms with van der Waals surface area (Å²) in [6.07, 6.45) is 4.44. The van der Waals surface area contributed by atoms with Gasteiger partial charge in [0.15, 0.2) is 0 Å². The Morgan fingerprint density at radius 1 is 1.61 bits per heavy atom. The fraction of sp³-hybridized carbons (Fsp3) is 0.538. The molecule has 1 aliphatic heterocycles. The van der Waals surface area contributed by atoms with Crippen molar-refractivity contribution in [2.45, 2.75) is 32.3 Å². The number of pyridine rings is 1. The third kappa shape index (κ3) is 3.22. The Labute approximate surface area is 115 Å². The molecular weight excluding hydrogens is 296 g/mol. The molecule has 2 heterocycles. The van der Waals surface area contributed by atoms with E-state index in [0.29, 0.717) is 25.4 Å². The molecule has 18 heavy (non-hydrogen) atoms. The van der Waals surface area contributed by atoms with E-state index in [0.717, 1.165) is 17.3 Å². The van der Waals surface area contributed by atoms with Gasteiger partial charge in [-0.15, -0.1) is 0 Å². The first-order chi connectivity index (χ1) is 8.70. The summed E-state index contributed by atoms with van der Waals surface area (Å²) < 4.78 is 6.56. The van der Waals surface area contributed by atoms with E-state index in [1.54, 1.807) is 6.20 Å². The van der Waals surface area contributed by atoms with Gasteiger partial charge in [0.2, 0.25) is 11.8 Å². The summed E-state index contributed by atoms with van der Waals surface area (Å²) >= 11 is 3.39. The van der Waals surface area contributed by atoms with Crippen molar-refractivity contribution in [3.63, 3.8) is 0 Å². The van der Waals surface area contributed by atoms with Crippen LogP contribution in [0.2, 0.25) is 0 Å². The van der Waals surface area contributed by atoms with E-state index < -0.39 is 0 Å². The van der Waals surface area contributed by atoms with Gasteiger partial charge in [-0.1, -0.05) is 13.3 Å². The number of hydrogen-bond donors (Lipinski definition) is 0. The number of carbonyl (C=O) groups excluding carboxylic acids is 1. The van der Waals surface area contributed by atoms with Gasteiger partial charge in [-0.25, -0.2) is 4.98 Å². The number of hydrogen-bond acceptors (Lipinski definition) is 3. The van der Waals surface area contributed by atoms with E-state index >= 15 is 0 Å². The van der Waals surface area contributed by atoms with Crippen LogP contribution in [0.3, 0.4) is 0 Å². The summed E-state index contributed by atoms with van der Waals surface area (Å²) in [6, 6.07) is 3.74. The van der Waals surface area contributed by atoms with Crippen LogP contribution in [0.25, 0.3) is 0 Å². The Hall–Kier alpha value is -1.10. The minimum atomic E-state index is 0.0711. The normalized spacial score (nSPS) is 15.3. The molecule has 0 aliphatic carbocycles. The predicted octanol–water partition coefficient (Wildman–Crippen LogP) is 2.62. The van der Waals surface area contributed by atoms with Crippen molar-refractivity contribution in [1.29, 1.82) is 0 Å². The fourth-order valence-corrected chi connectivity index (χ4v) is 2.17. The first-order valence-electron chi connectivity index (χ1n) is 6.25.